The Hall–Kier alpha value is -3.02. The Morgan fingerprint density at radius 1 is 1.08 bits per heavy atom. The largest absolute Gasteiger partial charge is 0.273 e. The maximum atomic E-state index is 12.0. The van der Waals surface area contributed by atoms with Gasteiger partial charge in [-0.25, -0.2) is 5.43 Å². The highest BCUT2D eigenvalue weighted by molar-refractivity contribution is 5.99. The molecular weight excluding hydrogens is 318 g/mol. The minimum absolute atomic E-state index is 0.00421. The summed E-state index contributed by atoms with van der Waals surface area (Å²) in [4.78, 5) is 22.1. The number of benzene rings is 2. The summed E-state index contributed by atoms with van der Waals surface area (Å²) < 4.78 is 0. The van der Waals surface area contributed by atoms with Crippen LogP contribution in [-0.2, 0) is 17.6 Å². The SMILES string of the molecule is CCCc1ccc(/C(C)=N/NC(=O)Cc2ccc([N+](=O)[O-])cc2)cc1. The quantitative estimate of drug-likeness (QED) is 0.475. The second-order valence-electron chi connectivity index (χ2n) is 5.78. The lowest BCUT2D eigenvalue weighted by Gasteiger charge is -2.05. The fraction of sp³-hybridized carbons (Fsp3) is 0.263. The van der Waals surface area contributed by atoms with Crippen LogP contribution < -0.4 is 5.43 Å². The van der Waals surface area contributed by atoms with Crippen molar-refractivity contribution in [3.63, 3.8) is 0 Å². The third-order valence-electron chi connectivity index (χ3n) is 3.77. The van der Waals surface area contributed by atoms with Crippen molar-refractivity contribution in [1.29, 1.82) is 0 Å². The molecule has 0 spiro atoms. The zero-order valence-electron chi connectivity index (χ0n) is 14.4. The highest BCUT2D eigenvalue weighted by atomic mass is 16.6. The topological polar surface area (TPSA) is 84.6 Å². The van der Waals surface area contributed by atoms with Crippen molar-refractivity contribution >= 4 is 17.3 Å². The van der Waals surface area contributed by atoms with Crippen LogP contribution in [0.5, 0.6) is 0 Å². The minimum Gasteiger partial charge on any atom is -0.273 e. The number of carbonyl (C=O) groups is 1. The van der Waals surface area contributed by atoms with Crippen molar-refractivity contribution in [2.24, 2.45) is 5.10 Å². The lowest BCUT2D eigenvalue weighted by atomic mass is 10.1. The van der Waals surface area contributed by atoms with Gasteiger partial charge in [0.15, 0.2) is 0 Å². The van der Waals surface area contributed by atoms with Crippen LogP contribution in [0.3, 0.4) is 0 Å². The van der Waals surface area contributed by atoms with Crippen molar-refractivity contribution in [3.8, 4) is 0 Å². The van der Waals surface area contributed by atoms with Gasteiger partial charge in [0.2, 0.25) is 5.91 Å². The van der Waals surface area contributed by atoms with Crippen LogP contribution in [0, 0.1) is 10.1 Å². The van der Waals surface area contributed by atoms with Gasteiger partial charge in [-0.15, -0.1) is 0 Å². The first-order valence-electron chi connectivity index (χ1n) is 8.15. The van der Waals surface area contributed by atoms with Crippen LogP contribution in [0.25, 0.3) is 0 Å². The number of hydrazone groups is 1. The first kappa shape index (κ1) is 18.3. The van der Waals surface area contributed by atoms with E-state index in [9.17, 15) is 14.9 Å². The summed E-state index contributed by atoms with van der Waals surface area (Å²) in [6.07, 6.45) is 2.26. The third kappa shape index (κ3) is 5.53. The Morgan fingerprint density at radius 3 is 2.24 bits per heavy atom. The standard InChI is InChI=1S/C19H21N3O3/c1-3-4-15-5-9-17(10-6-15)14(2)20-21-19(23)13-16-7-11-18(12-8-16)22(24)25/h5-12H,3-4,13H2,1-2H3,(H,21,23)/b20-14+. The summed E-state index contributed by atoms with van der Waals surface area (Å²) in [5.41, 5.74) is 6.18. The number of hydrogen-bond donors (Lipinski definition) is 1. The number of carbonyl (C=O) groups excluding carboxylic acids is 1. The van der Waals surface area contributed by atoms with Gasteiger partial charge in [-0.2, -0.15) is 5.10 Å². The van der Waals surface area contributed by atoms with Gasteiger partial charge >= 0.3 is 0 Å². The highest BCUT2D eigenvalue weighted by Gasteiger charge is 2.07. The summed E-state index contributed by atoms with van der Waals surface area (Å²) in [5.74, 6) is -0.268. The zero-order valence-corrected chi connectivity index (χ0v) is 14.4. The second-order valence-corrected chi connectivity index (χ2v) is 5.78. The van der Waals surface area contributed by atoms with Gasteiger partial charge in [0.1, 0.15) is 0 Å². The fourth-order valence-electron chi connectivity index (χ4n) is 2.37. The molecule has 0 aliphatic rings. The van der Waals surface area contributed by atoms with Crippen molar-refractivity contribution < 1.29 is 9.72 Å². The molecule has 0 aliphatic heterocycles. The van der Waals surface area contributed by atoms with Crippen LogP contribution >= 0.6 is 0 Å². The molecule has 0 fully saturated rings. The van der Waals surface area contributed by atoms with Gasteiger partial charge in [0, 0.05) is 12.1 Å². The Morgan fingerprint density at radius 2 is 1.68 bits per heavy atom. The van der Waals surface area contributed by atoms with E-state index in [1.807, 2.05) is 19.1 Å². The molecule has 2 aromatic rings. The molecule has 6 heteroatoms. The highest BCUT2D eigenvalue weighted by Crippen LogP contribution is 2.12. The Labute approximate surface area is 146 Å². The predicted molar refractivity (Wildman–Crippen MR) is 97.6 cm³/mol. The zero-order chi connectivity index (χ0) is 18.2. The summed E-state index contributed by atoms with van der Waals surface area (Å²) in [5, 5.41) is 14.7. The normalized spacial score (nSPS) is 11.2. The van der Waals surface area contributed by atoms with E-state index in [2.05, 4.69) is 29.6 Å². The average molecular weight is 339 g/mol. The molecule has 0 radical (unpaired) electrons. The molecule has 6 nitrogen and oxygen atoms in total. The molecule has 130 valence electrons. The molecular formula is C19H21N3O3. The number of hydrogen-bond acceptors (Lipinski definition) is 4. The summed E-state index contributed by atoms with van der Waals surface area (Å²) >= 11 is 0. The molecule has 2 rings (SSSR count). The second kappa shape index (κ2) is 8.73. The van der Waals surface area contributed by atoms with Crippen LogP contribution in [0.1, 0.15) is 37.0 Å². The van der Waals surface area contributed by atoms with E-state index in [1.165, 1.54) is 17.7 Å². The van der Waals surface area contributed by atoms with Gasteiger partial charge in [0.05, 0.1) is 17.1 Å². The molecule has 1 amide bonds. The maximum absolute atomic E-state index is 12.0. The molecule has 0 aliphatic carbocycles. The third-order valence-corrected chi connectivity index (χ3v) is 3.77. The number of non-ortho nitro benzene ring substituents is 1. The van der Waals surface area contributed by atoms with E-state index < -0.39 is 4.92 Å². The van der Waals surface area contributed by atoms with Crippen molar-refractivity contribution in [1.82, 2.24) is 5.43 Å². The summed E-state index contributed by atoms with van der Waals surface area (Å²) in [6, 6.07) is 14.0. The van der Waals surface area contributed by atoms with E-state index >= 15 is 0 Å². The number of rotatable bonds is 7. The van der Waals surface area contributed by atoms with Crippen LogP contribution in [-0.4, -0.2) is 16.5 Å². The van der Waals surface area contributed by atoms with Crippen LogP contribution in [0.2, 0.25) is 0 Å². The molecule has 25 heavy (non-hydrogen) atoms. The predicted octanol–water partition coefficient (Wildman–Crippen LogP) is 3.63. The molecule has 0 aromatic heterocycles. The molecule has 0 saturated carbocycles. The molecule has 2 aromatic carbocycles. The molecule has 0 saturated heterocycles. The first-order chi connectivity index (χ1) is 12.0. The van der Waals surface area contributed by atoms with Crippen molar-refractivity contribution in [2.75, 3.05) is 0 Å². The molecule has 0 atom stereocenters. The molecule has 0 heterocycles. The molecule has 0 bridgehead atoms. The van der Waals surface area contributed by atoms with Crippen LogP contribution in [0.4, 0.5) is 5.69 Å². The Bertz CT molecular complexity index is 766. The fourth-order valence-corrected chi connectivity index (χ4v) is 2.37. The number of nitro groups is 1. The van der Waals surface area contributed by atoms with Gasteiger partial charge in [0.25, 0.3) is 5.69 Å². The van der Waals surface area contributed by atoms with Gasteiger partial charge in [-0.1, -0.05) is 49.7 Å². The van der Waals surface area contributed by atoms with Gasteiger partial charge in [-0.3, -0.25) is 14.9 Å². The molecule has 0 unspecified atom stereocenters. The number of aryl methyl sites for hydroxylation is 1. The van der Waals surface area contributed by atoms with Gasteiger partial charge in [-0.05, 0) is 30.0 Å². The number of nitrogens with one attached hydrogen (secondary N) is 1. The minimum atomic E-state index is -0.469. The van der Waals surface area contributed by atoms with E-state index in [-0.39, 0.29) is 18.0 Å². The van der Waals surface area contributed by atoms with E-state index in [0.717, 1.165) is 24.1 Å². The molecule has 1 N–H and O–H groups in total. The number of amides is 1. The van der Waals surface area contributed by atoms with Crippen molar-refractivity contribution in [2.45, 2.75) is 33.1 Å². The van der Waals surface area contributed by atoms with E-state index in [1.54, 1.807) is 12.1 Å². The lowest BCUT2D eigenvalue weighted by molar-refractivity contribution is -0.384. The number of nitrogens with zero attached hydrogens (tertiary/aromatic N) is 2. The smallest absolute Gasteiger partial charge is 0.269 e. The van der Waals surface area contributed by atoms with Crippen molar-refractivity contribution in [3.05, 3.63) is 75.3 Å². The number of nitro benzene ring substituents is 1. The first-order valence-corrected chi connectivity index (χ1v) is 8.15. The van der Waals surface area contributed by atoms with Crippen LogP contribution in [0.15, 0.2) is 53.6 Å². The Kier molecular flexibility index (Phi) is 6.39. The average Bonchev–Trinajstić information content (AvgIpc) is 2.61. The Balaban J connectivity index is 1.93. The van der Waals surface area contributed by atoms with E-state index in [4.69, 9.17) is 0 Å². The summed E-state index contributed by atoms with van der Waals surface area (Å²) in [6.45, 7) is 3.97. The lowest BCUT2D eigenvalue weighted by Crippen LogP contribution is -2.21. The monoisotopic (exact) mass is 339 g/mol. The van der Waals surface area contributed by atoms with E-state index in [0.29, 0.717) is 5.56 Å². The maximum Gasteiger partial charge on any atom is 0.269 e. The summed E-state index contributed by atoms with van der Waals surface area (Å²) in [7, 11) is 0. The van der Waals surface area contributed by atoms with Gasteiger partial charge < -0.3 is 0 Å².